The van der Waals surface area contributed by atoms with Gasteiger partial charge in [0.25, 0.3) is 11.1 Å². The van der Waals surface area contributed by atoms with Gasteiger partial charge in [-0.2, -0.15) is 9.97 Å². The number of aromatic nitrogens is 6. The molecule has 1 aliphatic rings. The zero-order valence-electron chi connectivity index (χ0n) is 24.8. The number of pyridine rings is 2. The van der Waals surface area contributed by atoms with Gasteiger partial charge in [0.15, 0.2) is 0 Å². The molecule has 0 amide bonds. The maximum atomic E-state index is 13.2. The first-order valence-corrected chi connectivity index (χ1v) is 16.3. The Balaban J connectivity index is 1.41. The summed E-state index contributed by atoms with van der Waals surface area (Å²) in [5, 5.41) is 7.86. The molecule has 0 aliphatic carbocycles. The molecule has 2 N–H and O–H groups in total. The molecule has 0 aromatic carbocycles. The molecular formula is C29H37Br2N9O3. The molecule has 1 fully saturated rings. The number of ether oxygens (including phenoxy) is 1. The summed E-state index contributed by atoms with van der Waals surface area (Å²) in [6.07, 6.45) is 3.64. The molecule has 0 radical (unpaired) electrons. The molecule has 4 aromatic rings. The van der Waals surface area contributed by atoms with Gasteiger partial charge in [-0.1, -0.05) is 6.42 Å². The second kappa shape index (κ2) is 14.2. The van der Waals surface area contributed by atoms with Crippen LogP contribution in [0.1, 0.15) is 44.5 Å². The first-order chi connectivity index (χ1) is 20.8. The van der Waals surface area contributed by atoms with Crippen LogP contribution in [0.2, 0.25) is 0 Å². The number of hydrogen-bond acceptors (Lipinski definition) is 10. The second-order valence-electron chi connectivity index (χ2n) is 10.5. The number of nitrogens with zero attached hydrogens (tertiary/aromatic N) is 7. The molecule has 0 spiro atoms. The summed E-state index contributed by atoms with van der Waals surface area (Å²) in [6.45, 7) is 11.3. The fourth-order valence-electron chi connectivity index (χ4n) is 5.37. The van der Waals surface area contributed by atoms with Gasteiger partial charge in [0.05, 0.1) is 40.1 Å². The van der Waals surface area contributed by atoms with E-state index in [1.165, 1.54) is 19.3 Å². The Labute approximate surface area is 266 Å². The molecule has 0 bridgehead atoms. The summed E-state index contributed by atoms with van der Waals surface area (Å²) in [4.78, 5) is 47.3. The van der Waals surface area contributed by atoms with Crippen LogP contribution in [0.5, 0.6) is 0 Å². The van der Waals surface area contributed by atoms with Crippen molar-refractivity contribution >= 4 is 65.8 Å². The number of hydrogen-bond donors (Lipinski definition) is 2. The van der Waals surface area contributed by atoms with Crippen LogP contribution in [0.4, 0.5) is 11.9 Å². The van der Waals surface area contributed by atoms with E-state index in [0.29, 0.717) is 57.5 Å². The largest absolute Gasteiger partial charge is 0.373 e. The average Bonchev–Trinajstić information content (AvgIpc) is 2.99. The highest BCUT2D eigenvalue weighted by atomic mass is 79.9. The van der Waals surface area contributed by atoms with Gasteiger partial charge in [-0.15, -0.1) is 0 Å². The highest BCUT2D eigenvalue weighted by Crippen LogP contribution is 2.22. The van der Waals surface area contributed by atoms with Crippen molar-refractivity contribution in [2.45, 2.75) is 59.7 Å². The number of rotatable bonds is 12. The maximum Gasteiger partial charge on any atom is 0.266 e. The minimum absolute atomic E-state index is 0.118. The molecule has 0 unspecified atom stereocenters. The fraction of sp³-hybridized carbons (Fsp3) is 0.517. The smallest absolute Gasteiger partial charge is 0.266 e. The van der Waals surface area contributed by atoms with E-state index in [-0.39, 0.29) is 30.9 Å². The third-order valence-corrected chi connectivity index (χ3v) is 8.67. The lowest BCUT2D eigenvalue weighted by atomic mass is 10.1. The molecule has 5 heterocycles. The minimum atomic E-state index is -0.194. The second-order valence-corrected chi connectivity index (χ2v) is 12.2. The minimum Gasteiger partial charge on any atom is -0.373 e. The van der Waals surface area contributed by atoms with E-state index >= 15 is 0 Å². The topological polar surface area (TPSA) is 132 Å². The van der Waals surface area contributed by atoms with Gasteiger partial charge >= 0.3 is 0 Å². The van der Waals surface area contributed by atoms with Crippen LogP contribution >= 0.6 is 31.9 Å². The molecule has 14 heteroatoms. The van der Waals surface area contributed by atoms with E-state index in [9.17, 15) is 9.59 Å². The van der Waals surface area contributed by atoms with Crippen LogP contribution < -0.4 is 21.8 Å². The van der Waals surface area contributed by atoms with Gasteiger partial charge < -0.3 is 20.3 Å². The molecule has 0 atom stereocenters. The lowest BCUT2D eigenvalue weighted by molar-refractivity contribution is 0.111. The van der Waals surface area contributed by atoms with Gasteiger partial charge in [-0.3, -0.25) is 18.7 Å². The number of aryl methyl sites for hydroxylation is 1. The molecule has 0 saturated carbocycles. The number of likely N-dealkylation sites (tertiary alicyclic amines) is 1. The van der Waals surface area contributed by atoms with Gasteiger partial charge in [0, 0.05) is 37.0 Å². The predicted octanol–water partition coefficient (Wildman–Crippen LogP) is 4.30. The van der Waals surface area contributed by atoms with Gasteiger partial charge in [-0.25, -0.2) is 9.97 Å². The van der Waals surface area contributed by atoms with Crippen LogP contribution in [-0.4, -0.2) is 73.3 Å². The summed E-state index contributed by atoms with van der Waals surface area (Å²) in [5.41, 5.74) is 2.24. The molecule has 230 valence electrons. The standard InChI is InChI=1S/C29H37Br2N9O3/c1-4-32-28-34-18(3)19-15-21(30)27(42)40(24(19)36-28)13-14-43-17-23-20-16-22(31)26(41)39(12-11-38-9-7-6-8-10-38)25(20)37-29(35-23)33-5-2/h15-16H,4-14,17H2,1-3H3,(H,32,34,36)(H,33,35,37). The number of anilines is 2. The van der Waals surface area contributed by atoms with Crippen LogP contribution in [0, 0.1) is 6.92 Å². The normalized spacial score (nSPS) is 14.1. The van der Waals surface area contributed by atoms with Crippen molar-refractivity contribution in [1.29, 1.82) is 0 Å². The predicted molar refractivity (Wildman–Crippen MR) is 176 cm³/mol. The van der Waals surface area contributed by atoms with Crippen LogP contribution in [0.25, 0.3) is 22.1 Å². The summed E-state index contributed by atoms with van der Waals surface area (Å²) < 4.78 is 10.3. The fourth-order valence-corrected chi connectivity index (χ4v) is 6.26. The van der Waals surface area contributed by atoms with E-state index < -0.39 is 0 Å². The first-order valence-electron chi connectivity index (χ1n) is 14.8. The van der Waals surface area contributed by atoms with E-state index in [1.807, 2.05) is 20.8 Å². The molecule has 5 rings (SSSR count). The van der Waals surface area contributed by atoms with Crippen molar-refractivity contribution in [3.63, 3.8) is 0 Å². The van der Waals surface area contributed by atoms with Crippen molar-refractivity contribution < 1.29 is 4.74 Å². The molecule has 1 saturated heterocycles. The number of fused-ring (bicyclic) bond motifs is 2. The van der Waals surface area contributed by atoms with Crippen molar-refractivity contribution in [2.24, 2.45) is 0 Å². The Morgan fingerprint density at radius 2 is 1.37 bits per heavy atom. The van der Waals surface area contributed by atoms with E-state index in [0.717, 1.165) is 36.1 Å². The Bertz CT molecular complexity index is 1740. The zero-order valence-corrected chi connectivity index (χ0v) is 27.9. The van der Waals surface area contributed by atoms with Crippen molar-refractivity contribution in [3.8, 4) is 0 Å². The Kier molecular flexibility index (Phi) is 10.4. The van der Waals surface area contributed by atoms with Crippen molar-refractivity contribution in [3.05, 3.63) is 53.2 Å². The molecule has 12 nitrogen and oxygen atoms in total. The summed E-state index contributed by atoms with van der Waals surface area (Å²) in [7, 11) is 0. The number of halogens is 2. The highest BCUT2D eigenvalue weighted by Gasteiger charge is 2.18. The zero-order chi connectivity index (χ0) is 30.5. The summed E-state index contributed by atoms with van der Waals surface area (Å²) >= 11 is 6.87. The highest BCUT2D eigenvalue weighted by molar-refractivity contribution is 9.10. The molecule has 43 heavy (non-hydrogen) atoms. The summed E-state index contributed by atoms with van der Waals surface area (Å²) in [6, 6.07) is 3.54. The maximum absolute atomic E-state index is 13.2. The number of nitrogens with one attached hydrogen (secondary N) is 2. The van der Waals surface area contributed by atoms with E-state index in [4.69, 9.17) is 14.7 Å². The van der Waals surface area contributed by atoms with Crippen LogP contribution in [0.3, 0.4) is 0 Å². The summed E-state index contributed by atoms with van der Waals surface area (Å²) in [5.74, 6) is 0.920. The van der Waals surface area contributed by atoms with Gasteiger partial charge in [0.1, 0.15) is 11.3 Å². The van der Waals surface area contributed by atoms with E-state index in [1.54, 1.807) is 21.3 Å². The van der Waals surface area contributed by atoms with E-state index in [2.05, 4.69) is 57.4 Å². The van der Waals surface area contributed by atoms with Gasteiger partial charge in [0.2, 0.25) is 11.9 Å². The quantitative estimate of drug-likeness (QED) is 0.205. The first kappa shape index (κ1) is 31.5. The number of piperidine rings is 1. The van der Waals surface area contributed by atoms with Crippen LogP contribution in [-0.2, 0) is 24.4 Å². The monoisotopic (exact) mass is 717 g/mol. The Hall–Kier alpha value is -2.94. The van der Waals surface area contributed by atoms with Crippen molar-refractivity contribution in [2.75, 3.05) is 50.0 Å². The molecular weight excluding hydrogens is 682 g/mol. The Morgan fingerprint density at radius 3 is 2.02 bits per heavy atom. The lowest BCUT2D eigenvalue weighted by Gasteiger charge is -2.26. The Morgan fingerprint density at radius 1 is 0.791 bits per heavy atom. The lowest BCUT2D eigenvalue weighted by Crippen LogP contribution is -2.35. The third-order valence-electron chi connectivity index (χ3n) is 7.53. The third kappa shape index (κ3) is 7.08. The molecule has 4 aromatic heterocycles. The molecule has 1 aliphatic heterocycles. The average molecular weight is 719 g/mol. The van der Waals surface area contributed by atoms with Crippen molar-refractivity contribution in [1.82, 2.24) is 34.0 Å². The SMILES string of the molecule is CCNc1nc(C)c2cc(Br)c(=O)n(CCOCc3nc(NCC)nc4c3cc(Br)c(=O)n4CCN3CCCCC3)c2n1. The van der Waals surface area contributed by atoms with Crippen LogP contribution in [0.15, 0.2) is 30.7 Å². The van der Waals surface area contributed by atoms with Gasteiger partial charge in [-0.05, 0) is 90.7 Å².